The predicted octanol–water partition coefficient (Wildman–Crippen LogP) is 2.97. The maximum Gasteiger partial charge on any atom is 0.350 e. The van der Waals surface area contributed by atoms with Crippen molar-refractivity contribution >= 4 is 17.9 Å². The van der Waals surface area contributed by atoms with E-state index in [4.69, 9.17) is 0 Å². The molecule has 0 heterocycles. The van der Waals surface area contributed by atoms with Gasteiger partial charge in [-0.1, -0.05) is 19.7 Å². The second-order valence-corrected chi connectivity index (χ2v) is 8.08. The lowest BCUT2D eigenvalue weighted by atomic mass is 9.38. The van der Waals surface area contributed by atoms with Crippen molar-refractivity contribution in [1.82, 2.24) is 0 Å². The first-order valence-corrected chi connectivity index (χ1v) is 9.42. The van der Waals surface area contributed by atoms with E-state index in [9.17, 15) is 19.5 Å². The SMILES string of the molecule is C=CC(=O)OC12C(F)(F)C3(O)C(F)(F)C(OC(=O)C=C)(C1(F)F)C(F)(F)C(OC(=O)C=C)(C3(F)F)C2(F)F. The van der Waals surface area contributed by atoms with Gasteiger partial charge in [0.05, 0.1) is 0 Å². The van der Waals surface area contributed by atoms with E-state index in [0.29, 0.717) is 0 Å². The van der Waals surface area contributed by atoms with Gasteiger partial charge in [-0.3, -0.25) is 0 Å². The number of carbonyl (C=O) groups is 3. The second-order valence-electron chi connectivity index (χ2n) is 8.08. The van der Waals surface area contributed by atoms with Crippen molar-refractivity contribution in [2.45, 2.75) is 57.9 Å². The molecule has 0 spiro atoms. The average Bonchev–Trinajstić information content (AvgIpc) is 2.78. The summed E-state index contributed by atoms with van der Waals surface area (Å²) in [6, 6.07) is 0. The molecule has 0 amide bonds. The first-order chi connectivity index (χ1) is 16.9. The van der Waals surface area contributed by atoms with E-state index in [1.165, 1.54) is 0 Å². The Balaban J connectivity index is 2.82. The minimum Gasteiger partial charge on any atom is -0.436 e. The molecule has 4 fully saturated rings. The first kappa shape index (κ1) is 29.3. The van der Waals surface area contributed by atoms with Crippen LogP contribution in [0.1, 0.15) is 0 Å². The molecule has 4 bridgehead atoms. The van der Waals surface area contributed by atoms with Crippen LogP contribution in [0.5, 0.6) is 0 Å². The van der Waals surface area contributed by atoms with Gasteiger partial charge in [0.2, 0.25) is 0 Å². The Morgan fingerprint density at radius 3 is 0.816 bits per heavy atom. The molecule has 4 aliphatic carbocycles. The Morgan fingerprint density at radius 2 is 0.658 bits per heavy atom. The fourth-order valence-corrected chi connectivity index (χ4v) is 5.03. The fraction of sp³-hybridized carbons (Fsp3) is 0.526. The molecule has 0 aromatic carbocycles. The molecule has 0 aromatic rings. The normalized spacial score (nSPS) is 39.4. The summed E-state index contributed by atoms with van der Waals surface area (Å²) in [6.45, 7) is 7.35. The molecule has 0 atom stereocenters. The minimum atomic E-state index is -7.51. The number of aliphatic hydroxyl groups is 1. The third kappa shape index (κ3) is 2.09. The number of ether oxygens (including phenoxy) is 3. The van der Waals surface area contributed by atoms with E-state index >= 15 is 52.7 Å². The van der Waals surface area contributed by atoms with E-state index in [-0.39, 0.29) is 0 Å². The van der Waals surface area contributed by atoms with Crippen LogP contribution in [-0.4, -0.2) is 81.0 Å². The van der Waals surface area contributed by atoms with Crippen LogP contribution in [0, 0.1) is 0 Å². The zero-order chi connectivity index (χ0) is 30.0. The molecule has 19 heteroatoms. The summed E-state index contributed by atoms with van der Waals surface area (Å²) >= 11 is 0. The summed E-state index contributed by atoms with van der Waals surface area (Å²) in [6.07, 6.45) is -1.45. The van der Waals surface area contributed by atoms with Crippen LogP contribution >= 0.6 is 0 Å². The monoisotopic (exact) mass is 578 g/mol. The Kier molecular flexibility index (Phi) is 5.42. The number of rotatable bonds is 6. The molecule has 4 aliphatic rings. The van der Waals surface area contributed by atoms with Crippen molar-refractivity contribution in [2.24, 2.45) is 0 Å². The van der Waals surface area contributed by atoms with E-state index in [2.05, 4.69) is 33.9 Å². The van der Waals surface area contributed by atoms with Gasteiger partial charge in [-0.15, -0.1) is 0 Å². The molecule has 0 aliphatic heterocycles. The van der Waals surface area contributed by atoms with Gasteiger partial charge in [-0.05, 0) is 0 Å². The zero-order valence-electron chi connectivity index (χ0n) is 17.8. The van der Waals surface area contributed by atoms with Gasteiger partial charge in [-0.2, -0.15) is 52.7 Å². The number of hydrogen-bond donors (Lipinski definition) is 1. The average molecular weight is 578 g/mol. The van der Waals surface area contributed by atoms with Gasteiger partial charge in [0.15, 0.2) is 0 Å². The highest BCUT2D eigenvalue weighted by atomic mass is 19.3. The van der Waals surface area contributed by atoms with Gasteiger partial charge >= 0.3 is 70.2 Å². The molecule has 0 saturated heterocycles. The summed E-state index contributed by atoms with van der Waals surface area (Å²) < 4.78 is 197. The van der Waals surface area contributed by atoms with Crippen molar-refractivity contribution in [2.75, 3.05) is 0 Å². The van der Waals surface area contributed by atoms with E-state index in [1.807, 2.05) is 0 Å². The van der Waals surface area contributed by atoms with Gasteiger partial charge in [0, 0.05) is 18.2 Å². The molecule has 38 heavy (non-hydrogen) atoms. The minimum absolute atomic E-state index is 0.482. The van der Waals surface area contributed by atoms with Crippen molar-refractivity contribution in [3.63, 3.8) is 0 Å². The first-order valence-electron chi connectivity index (χ1n) is 9.42. The highest BCUT2D eigenvalue weighted by Crippen LogP contribution is 2.87. The summed E-state index contributed by atoms with van der Waals surface area (Å²) in [5.74, 6) is -53.6. The Labute approximate surface area is 201 Å². The van der Waals surface area contributed by atoms with E-state index < -0.39 is 94.1 Å². The summed E-state index contributed by atoms with van der Waals surface area (Å²) in [7, 11) is 0. The van der Waals surface area contributed by atoms with Crippen molar-refractivity contribution in [3.05, 3.63) is 38.0 Å². The van der Waals surface area contributed by atoms with Crippen LogP contribution in [0.3, 0.4) is 0 Å². The largest absolute Gasteiger partial charge is 0.436 e. The van der Waals surface area contributed by atoms with Crippen LogP contribution in [-0.2, 0) is 28.6 Å². The highest BCUT2D eigenvalue weighted by molar-refractivity contribution is 5.85. The maximum absolute atomic E-state index is 15.7. The molecule has 0 radical (unpaired) electrons. The lowest BCUT2D eigenvalue weighted by molar-refractivity contribution is -0.635. The summed E-state index contributed by atoms with van der Waals surface area (Å²) in [5, 5.41) is 10.1. The van der Waals surface area contributed by atoms with Crippen LogP contribution in [0.15, 0.2) is 38.0 Å². The van der Waals surface area contributed by atoms with Crippen molar-refractivity contribution in [3.8, 4) is 0 Å². The third-order valence-corrected chi connectivity index (χ3v) is 6.60. The zero-order valence-corrected chi connectivity index (χ0v) is 17.8. The molecule has 1 N–H and O–H groups in total. The number of hydrogen-bond acceptors (Lipinski definition) is 7. The molecular weight excluding hydrogens is 568 g/mol. The second kappa shape index (κ2) is 7.03. The van der Waals surface area contributed by atoms with Crippen LogP contribution in [0.25, 0.3) is 0 Å². The van der Waals surface area contributed by atoms with Crippen molar-refractivity contribution in [1.29, 1.82) is 0 Å². The molecular formula is C19H10F12O7. The molecule has 212 valence electrons. The number of esters is 3. The number of alkyl halides is 12. The predicted molar refractivity (Wildman–Crippen MR) is 91.7 cm³/mol. The lowest BCUT2D eigenvalue weighted by Gasteiger charge is -2.76. The molecule has 7 nitrogen and oxygen atoms in total. The van der Waals surface area contributed by atoms with E-state index in [0.717, 1.165) is 0 Å². The molecule has 4 saturated carbocycles. The molecule has 0 aromatic heterocycles. The van der Waals surface area contributed by atoms with Crippen LogP contribution < -0.4 is 0 Å². The Bertz CT molecular complexity index is 1020. The van der Waals surface area contributed by atoms with Crippen LogP contribution in [0.2, 0.25) is 0 Å². The molecule has 0 unspecified atom stereocenters. The Morgan fingerprint density at radius 1 is 0.474 bits per heavy atom. The molecule has 4 rings (SSSR count). The number of carbonyl (C=O) groups excluding carboxylic acids is 3. The Hall–Kier alpha value is -3.25. The van der Waals surface area contributed by atoms with Gasteiger partial charge in [0.25, 0.3) is 5.60 Å². The van der Waals surface area contributed by atoms with Gasteiger partial charge < -0.3 is 19.3 Å². The quantitative estimate of drug-likeness (QED) is 0.224. The highest BCUT2D eigenvalue weighted by Gasteiger charge is 3.24. The summed E-state index contributed by atoms with van der Waals surface area (Å²) in [4.78, 5) is 35.0. The van der Waals surface area contributed by atoms with Gasteiger partial charge in [-0.25, -0.2) is 14.4 Å². The topological polar surface area (TPSA) is 99.1 Å². The fourth-order valence-electron chi connectivity index (χ4n) is 5.03. The van der Waals surface area contributed by atoms with Crippen LogP contribution in [0.4, 0.5) is 52.7 Å². The van der Waals surface area contributed by atoms with E-state index in [1.54, 1.807) is 0 Å². The number of halogens is 12. The van der Waals surface area contributed by atoms with Crippen molar-refractivity contribution < 1.29 is 86.4 Å². The standard InChI is InChI=1S/C19H10F12O7/c1-4-7(32)36-11-14(20,21)10(35)15(22,23)12(17(11,26)27,37-8(33)5-2)19(30,31)13(16(10,24)25,18(11,28)29)38-9(34)6-3/h4-6,35H,1-3H2. The maximum atomic E-state index is 15.7. The third-order valence-electron chi connectivity index (χ3n) is 6.60. The summed E-state index contributed by atoms with van der Waals surface area (Å²) in [5.41, 5.74) is -28.2. The lowest BCUT2D eigenvalue weighted by Crippen LogP contribution is -3.12. The van der Waals surface area contributed by atoms with Gasteiger partial charge in [0.1, 0.15) is 0 Å². The smallest absolute Gasteiger partial charge is 0.350 e.